The van der Waals surface area contributed by atoms with Crippen LogP contribution in [0, 0.1) is 0 Å². The molecule has 0 saturated carbocycles. The van der Waals surface area contributed by atoms with Crippen LogP contribution in [-0.4, -0.2) is 28.6 Å². The molecule has 0 radical (unpaired) electrons. The quantitative estimate of drug-likeness (QED) is 0.206. The lowest BCUT2D eigenvalue weighted by atomic mass is 10.2. The molecule has 0 fully saturated rings. The topological polar surface area (TPSA) is 78.9 Å². The van der Waals surface area contributed by atoms with Crippen molar-refractivity contribution in [3.05, 3.63) is 86.6 Å². The van der Waals surface area contributed by atoms with Crippen LogP contribution in [0.1, 0.15) is 26.3 Å². The van der Waals surface area contributed by atoms with Gasteiger partial charge in [0.15, 0.2) is 17.3 Å². The molecule has 3 aromatic carbocycles. The SMILES string of the molecule is CCOc1cc(C=Nn2c(-c3cc4cc(Cl)ccc4o3)nc3ccccc3c2=O)cc(Cl)c1OC(C)C. The summed E-state index contributed by atoms with van der Waals surface area (Å²) in [5.74, 6) is 1.58. The fourth-order valence-electron chi connectivity index (χ4n) is 3.91. The van der Waals surface area contributed by atoms with Gasteiger partial charge in [0.1, 0.15) is 5.58 Å². The smallest absolute Gasteiger partial charge is 0.282 e. The summed E-state index contributed by atoms with van der Waals surface area (Å²) in [6, 6.07) is 17.6. The molecule has 0 unspecified atom stereocenters. The highest BCUT2D eigenvalue weighted by Crippen LogP contribution is 2.37. The lowest BCUT2D eigenvalue weighted by molar-refractivity contribution is 0.224. The van der Waals surface area contributed by atoms with Crippen molar-refractivity contribution in [3.63, 3.8) is 0 Å². The first-order valence-electron chi connectivity index (χ1n) is 11.7. The number of benzene rings is 3. The van der Waals surface area contributed by atoms with Gasteiger partial charge in [-0.15, -0.1) is 0 Å². The van der Waals surface area contributed by atoms with Crippen molar-refractivity contribution >= 4 is 51.3 Å². The van der Waals surface area contributed by atoms with E-state index in [0.717, 1.165) is 5.39 Å². The summed E-state index contributed by atoms with van der Waals surface area (Å²) in [4.78, 5) is 18.2. The molecule has 0 bridgehead atoms. The van der Waals surface area contributed by atoms with E-state index < -0.39 is 0 Å². The first-order chi connectivity index (χ1) is 17.8. The lowest BCUT2D eigenvalue weighted by Gasteiger charge is -2.16. The standard InChI is InChI=1S/C28H23Cl2N3O4/c1-4-35-24-12-17(11-21(30)26(24)36-16(2)3)15-31-33-27(32-22-8-6-5-7-20(22)28(33)34)25-14-18-13-19(29)9-10-23(18)37-25/h5-16H,4H2,1-3H3. The largest absolute Gasteiger partial charge is 0.490 e. The highest BCUT2D eigenvalue weighted by atomic mass is 35.5. The maximum atomic E-state index is 13.5. The molecule has 5 rings (SSSR count). The number of hydrogen-bond acceptors (Lipinski definition) is 6. The molecule has 5 aromatic rings. The number of ether oxygens (including phenoxy) is 2. The van der Waals surface area contributed by atoms with Crippen LogP contribution in [0.5, 0.6) is 11.5 Å². The van der Waals surface area contributed by atoms with Crippen molar-refractivity contribution in [2.24, 2.45) is 5.10 Å². The maximum Gasteiger partial charge on any atom is 0.282 e. The fourth-order valence-corrected chi connectivity index (χ4v) is 4.36. The molecular formula is C28H23Cl2N3O4. The van der Waals surface area contributed by atoms with Gasteiger partial charge in [0.2, 0.25) is 5.82 Å². The average Bonchev–Trinajstić information content (AvgIpc) is 3.28. The number of halogens is 2. The molecule has 0 amide bonds. The van der Waals surface area contributed by atoms with E-state index in [1.807, 2.05) is 26.8 Å². The van der Waals surface area contributed by atoms with Gasteiger partial charge in [-0.2, -0.15) is 9.78 Å². The van der Waals surface area contributed by atoms with Crippen molar-refractivity contribution in [1.29, 1.82) is 0 Å². The molecular weight excluding hydrogens is 513 g/mol. The maximum absolute atomic E-state index is 13.5. The highest BCUT2D eigenvalue weighted by molar-refractivity contribution is 6.32. The van der Waals surface area contributed by atoms with Gasteiger partial charge in [0.05, 0.1) is 34.9 Å². The third-order valence-electron chi connectivity index (χ3n) is 5.46. The zero-order valence-corrected chi connectivity index (χ0v) is 21.9. The zero-order valence-electron chi connectivity index (χ0n) is 20.4. The summed E-state index contributed by atoms with van der Waals surface area (Å²) in [7, 11) is 0. The third kappa shape index (κ3) is 5.05. The monoisotopic (exact) mass is 535 g/mol. The summed E-state index contributed by atoms with van der Waals surface area (Å²) in [5.41, 5.74) is 1.42. The van der Waals surface area contributed by atoms with Crippen LogP contribution in [0.3, 0.4) is 0 Å². The summed E-state index contributed by atoms with van der Waals surface area (Å²) in [5, 5.41) is 6.66. The van der Waals surface area contributed by atoms with E-state index in [4.69, 9.17) is 42.1 Å². The second-order valence-corrected chi connectivity index (χ2v) is 9.38. The van der Waals surface area contributed by atoms with E-state index in [-0.39, 0.29) is 17.5 Å². The Labute approximate surface area is 222 Å². The number of hydrogen-bond donors (Lipinski definition) is 0. The molecule has 0 aliphatic heterocycles. The van der Waals surface area contributed by atoms with Gasteiger partial charge >= 0.3 is 0 Å². The summed E-state index contributed by atoms with van der Waals surface area (Å²) in [6.07, 6.45) is 1.44. The molecule has 37 heavy (non-hydrogen) atoms. The fraction of sp³-hybridized carbons (Fsp3) is 0.179. The Morgan fingerprint density at radius 3 is 2.70 bits per heavy atom. The number of para-hydroxylation sites is 1. The number of furan rings is 1. The van der Waals surface area contributed by atoms with E-state index in [9.17, 15) is 4.79 Å². The van der Waals surface area contributed by atoms with Crippen molar-refractivity contribution in [2.75, 3.05) is 6.61 Å². The van der Waals surface area contributed by atoms with Gasteiger partial charge in [-0.1, -0.05) is 35.3 Å². The van der Waals surface area contributed by atoms with Gasteiger partial charge in [-0.3, -0.25) is 4.79 Å². The van der Waals surface area contributed by atoms with Crippen LogP contribution in [0.25, 0.3) is 33.5 Å². The normalized spacial score (nSPS) is 11.7. The Kier molecular flexibility index (Phi) is 6.91. The first kappa shape index (κ1) is 24.9. The van der Waals surface area contributed by atoms with Crippen LogP contribution in [-0.2, 0) is 0 Å². The Morgan fingerprint density at radius 1 is 1.11 bits per heavy atom. The van der Waals surface area contributed by atoms with Gasteiger partial charge < -0.3 is 13.9 Å². The molecule has 0 saturated heterocycles. The summed E-state index contributed by atoms with van der Waals surface area (Å²) in [6.45, 7) is 6.13. The molecule has 0 aliphatic rings. The second-order valence-electron chi connectivity index (χ2n) is 8.54. The Morgan fingerprint density at radius 2 is 1.92 bits per heavy atom. The van der Waals surface area contributed by atoms with Crippen LogP contribution in [0.4, 0.5) is 0 Å². The molecule has 188 valence electrons. The summed E-state index contributed by atoms with van der Waals surface area (Å²) < 4.78 is 18.8. The van der Waals surface area contributed by atoms with E-state index in [1.54, 1.807) is 54.6 Å². The Balaban J connectivity index is 1.66. The predicted molar refractivity (Wildman–Crippen MR) is 148 cm³/mol. The lowest BCUT2D eigenvalue weighted by Crippen LogP contribution is -2.20. The number of rotatable bonds is 7. The molecule has 2 aromatic heterocycles. The van der Waals surface area contributed by atoms with E-state index in [1.165, 1.54) is 10.9 Å². The van der Waals surface area contributed by atoms with Crippen molar-refractivity contribution in [1.82, 2.24) is 9.66 Å². The molecule has 0 N–H and O–H groups in total. The molecule has 2 heterocycles. The van der Waals surface area contributed by atoms with Gasteiger partial charge in [0, 0.05) is 10.4 Å². The highest BCUT2D eigenvalue weighted by Gasteiger charge is 2.17. The minimum Gasteiger partial charge on any atom is -0.490 e. The minimum atomic E-state index is -0.341. The Bertz CT molecular complexity index is 1710. The molecule has 0 spiro atoms. The van der Waals surface area contributed by atoms with Gasteiger partial charge in [-0.05, 0) is 74.9 Å². The first-order valence-corrected chi connectivity index (χ1v) is 12.5. The van der Waals surface area contributed by atoms with Crippen molar-refractivity contribution in [2.45, 2.75) is 26.9 Å². The Hall–Kier alpha value is -3.81. The average molecular weight is 536 g/mol. The summed E-state index contributed by atoms with van der Waals surface area (Å²) >= 11 is 12.7. The number of aromatic nitrogens is 2. The third-order valence-corrected chi connectivity index (χ3v) is 5.98. The molecule has 9 heteroatoms. The second kappa shape index (κ2) is 10.3. The van der Waals surface area contributed by atoms with Gasteiger partial charge in [0.25, 0.3) is 5.56 Å². The molecule has 0 aliphatic carbocycles. The van der Waals surface area contributed by atoms with E-state index in [2.05, 4.69) is 5.10 Å². The number of fused-ring (bicyclic) bond motifs is 2. The zero-order chi connectivity index (χ0) is 26.1. The van der Waals surface area contributed by atoms with Crippen molar-refractivity contribution < 1.29 is 13.9 Å². The number of nitrogens with zero attached hydrogens (tertiary/aromatic N) is 3. The minimum absolute atomic E-state index is 0.0836. The van der Waals surface area contributed by atoms with Crippen LogP contribution in [0.15, 0.2) is 75.0 Å². The van der Waals surface area contributed by atoms with Crippen LogP contribution < -0.4 is 15.0 Å². The van der Waals surface area contributed by atoms with Crippen molar-refractivity contribution in [3.8, 4) is 23.1 Å². The van der Waals surface area contributed by atoms with Crippen LogP contribution in [0.2, 0.25) is 10.0 Å². The van der Waals surface area contributed by atoms with E-state index in [0.29, 0.717) is 56.0 Å². The molecule has 0 atom stereocenters. The van der Waals surface area contributed by atoms with Gasteiger partial charge in [-0.25, -0.2) is 4.98 Å². The van der Waals surface area contributed by atoms with Crippen LogP contribution >= 0.6 is 23.2 Å². The predicted octanol–water partition coefficient (Wildman–Crippen LogP) is 7.18. The molecule has 7 nitrogen and oxygen atoms in total. The van der Waals surface area contributed by atoms with E-state index >= 15 is 0 Å².